The van der Waals surface area contributed by atoms with Gasteiger partial charge in [0, 0.05) is 67.9 Å². The number of anilines is 1. The highest BCUT2D eigenvalue weighted by atomic mass is 19.3. The molecule has 0 bridgehead atoms. The summed E-state index contributed by atoms with van der Waals surface area (Å²) in [6.45, 7) is 5.89. The lowest BCUT2D eigenvalue weighted by Crippen LogP contribution is -2.38. The van der Waals surface area contributed by atoms with Gasteiger partial charge >= 0.3 is 0 Å². The highest BCUT2D eigenvalue weighted by molar-refractivity contribution is 5.94. The van der Waals surface area contributed by atoms with E-state index >= 15 is 0 Å². The molecule has 1 atom stereocenters. The molecule has 1 aliphatic carbocycles. The van der Waals surface area contributed by atoms with Gasteiger partial charge in [-0.15, -0.1) is 0 Å². The summed E-state index contributed by atoms with van der Waals surface area (Å²) in [6.07, 6.45) is 9.42. The van der Waals surface area contributed by atoms with Gasteiger partial charge in [0.1, 0.15) is 5.65 Å². The average molecular weight is 512 g/mol. The summed E-state index contributed by atoms with van der Waals surface area (Å²) in [5.74, 6) is -1.87. The zero-order valence-corrected chi connectivity index (χ0v) is 22.0. The molecule has 2 fully saturated rings. The van der Waals surface area contributed by atoms with Gasteiger partial charge in [-0.05, 0) is 50.2 Å². The summed E-state index contributed by atoms with van der Waals surface area (Å²) in [4.78, 5) is 11.7. The molecule has 6 nitrogen and oxygen atoms in total. The number of nitrogens with zero attached hydrogens (tertiary/aromatic N) is 4. The second-order valence-corrected chi connectivity index (χ2v) is 11.0. The second kappa shape index (κ2) is 11.0. The monoisotopic (exact) mass is 511 g/mol. The molecule has 3 heterocycles. The van der Waals surface area contributed by atoms with Gasteiger partial charge in [-0.2, -0.15) is 4.98 Å². The third-order valence-electron chi connectivity index (χ3n) is 7.99. The van der Waals surface area contributed by atoms with Gasteiger partial charge in [-0.3, -0.25) is 4.90 Å². The first kappa shape index (κ1) is 26.0. The molecule has 5 rings (SSSR count). The lowest BCUT2D eigenvalue weighted by molar-refractivity contribution is -0.0566. The van der Waals surface area contributed by atoms with Crippen molar-refractivity contribution in [3.8, 4) is 11.1 Å². The average Bonchev–Trinajstić information content (AvgIpc) is 3.25. The van der Waals surface area contributed by atoms with Gasteiger partial charge in [-0.25, -0.2) is 13.8 Å². The largest absolute Gasteiger partial charge is 0.393 e. The number of aliphatic hydroxyl groups excluding tert-OH is 1. The minimum absolute atomic E-state index is 0.0587. The van der Waals surface area contributed by atoms with E-state index in [9.17, 15) is 13.9 Å². The van der Waals surface area contributed by atoms with Crippen LogP contribution in [0.4, 0.5) is 14.7 Å². The Morgan fingerprint density at radius 2 is 1.81 bits per heavy atom. The van der Waals surface area contributed by atoms with E-state index in [2.05, 4.69) is 64.1 Å². The van der Waals surface area contributed by atoms with E-state index in [1.54, 1.807) is 0 Å². The Hall–Kier alpha value is -2.58. The topological polar surface area (TPSA) is 66.2 Å². The fourth-order valence-corrected chi connectivity index (χ4v) is 5.76. The molecule has 2 aliphatic rings. The molecule has 0 amide bonds. The van der Waals surface area contributed by atoms with Crippen molar-refractivity contribution in [3.05, 3.63) is 42.2 Å². The van der Waals surface area contributed by atoms with Gasteiger partial charge in [0.2, 0.25) is 5.95 Å². The number of piperidine rings is 1. The van der Waals surface area contributed by atoms with Crippen molar-refractivity contribution in [2.45, 2.75) is 95.9 Å². The summed E-state index contributed by atoms with van der Waals surface area (Å²) < 4.78 is 29.3. The first-order chi connectivity index (χ1) is 17.8. The van der Waals surface area contributed by atoms with Crippen LogP contribution < -0.4 is 5.32 Å². The predicted molar refractivity (Wildman–Crippen MR) is 144 cm³/mol. The summed E-state index contributed by atoms with van der Waals surface area (Å²) in [5, 5.41) is 14.5. The number of halogens is 2. The van der Waals surface area contributed by atoms with Crippen molar-refractivity contribution in [2.24, 2.45) is 0 Å². The number of aromatic nitrogens is 3. The van der Waals surface area contributed by atoms with Gasteiger partial charge < -0.3 is 15.0 Å². The number of alkyl halides is 2. The Morgan fingerprint density at radius 3 is 2.49 bits per heavy atom. The number of aliphatic hydroxyl groups is 1. The first-order valence-electron chi connectivity index (χ1n) is 13.8. The van der Waals surface area contributed by atoms with Crippen molar-refractivity contribution in [1.82, 2.24) is 19.4 Å². The number of benzene rings is 1. The molecule has 8 heteroatoms. The fourth-order valence-electron chi connectivity index (χ4n) is 5.76. The van der Waals surface area contributed by atoms with E-state index in [0.717, 1.165) is 66.2 Å². The van der Waals surface area contributed by atoms with Gasteiger partial charge in [0.05, 0.1) is 6.10 Å². The van der Waals surface area contributed by atoms with Crippen LogP contribution in [0.25, 0.3) is 22.2 Å². The molecule has 1 saturated heterocycles. The van der Waals surface area contributed by atoms with Crippen molar-refractivity contribution < 1.29 is 13.9 Å². The van der Waals surface area contributed by atoms with Crippen LogP contribution in [0.15, 0.2) is 36.7 Å². The van der Waals surface area contributed by atoms with E-state index in [4.69, 9.17) is 4.98 Å². The van der Waals surface area contributed by atoms with Crippen LogP contribution in [-0.4, -0.2) is 55.7 Å². The van der Waals surface area contributed by atoms with Crippen molar-refractivity contribution in [1.29, 1.82) is 0 Å². The molecule has 1 unspecified atom stereocenters. The summed E-state index contributed by atoms with van der Waals surface area (Å²) in [6, 6.07) is 9.04. The second-order valence-electron chi connectivity index (χ2n) is 11.0. The van der Waals surface area contributed by atoms with Crippen LogP contribution in [0.3, 0.4) is 0 Å². The quantitative estimate of drug-likeness (QED) is 0.366. The molecule has 1 aromatic carbocycles. The van der Waals surface area contributed by atoms with E-state index in [-0.39, 0.29) is 18.9 Å². The van der Waals surface area contributed by atoms with Gasteiger partial charge in [-0.1, -0.05) is 37.6 Å². The summed E-state index contributed by atoms with van der Waals surface area (Å²) >= 11 is 0. The zero-order chi connectivity index (χ0) is 26.0. The van der Waals surface area contributed by atoms with Crippen LogP contribution in [0.1, 0.15) is 76.8 Å². The fraction of sp³-hybridized carbons (Fsp3) is 0.586. The van der Waals surface area contributed by atoms with Crippen LogP contribution in [0, 0.1) is 0 Å². The van der Waals surface area contributed by atoms with Crippen LogP contribution in [0.5, 0.6) is 0 Å². The Kier molecular flexibility index (Phi) is 7.77. The SMILES string of the molecule is CCCC(C)Nc1ncc2c(-c3ccc(CN4CCC(F)(F)CC4)cc3)cn([C@H]3CC[C@H](O)CC3)c2n1. The molecule has 1 saturated carbocycles. The van der Waals surface area contributed by atoms with E-state index < -0.39 is 5.92 Å². The molecule has 0 radical (unpaired) electrons. The van der Waals surface area contributed by atoms with Crippen LogP contribution >= 0.6 is 0 Å². The number of hydrogen-bond acceptors (Lipinski definition) is 5. The van der Waals surface area contributed by atoms with Crippen LogP contribution in [-0.2, 0) is 6.54 Å². The molecular formula is C29H39F2N5O. The van der Waals surface area contributed by atoms with Crippen molar-refractivity contribution in [2.75, 3.05) is 18.4 Å². The summed E-state index contributed by atoms with van der Waals surface area (Å²) in [5.41, 5.74) is 4.25. The number of hydrogen-bond donors (Lipinski definition) is 2. The molecule has 0 spiro atoms. The Bertz CT molecular complexity index is 1180. The predicted octanol–water partition coefficient (Wildman–Crippen LogP) is 6.41. The third kappa shape index (κ3) is 6.12. The van der Waals surface area contributed by atoms with Gasteiger partial charge in [0.25, 0.3) is 5.92 Å². The minimum Gasteiger partial charge on any atom is -0.393 e. The molecule has 2 aromatic heterocycles. The molecule has 37 heavy (non-hydrogen) atoms. The molecule has 200 valence electrons. The highest BCUT2D eigenvalue weighted by Gasteiger charge is 2.33. The highest BCUT2D eigenvalue weighted by Crippen LogP contribution is 2.37. The zero-order valence-electron chi connectivity index (χ0n) is 22.0. The van der Waals surface area contributed by atoms with E-state index in [0.29, 0.717) is 37.7 Å². The maximum atomic E-state index is 13.5. The lowest BCUT2D eigenvalue weighted by Gasteiger charge is -2.31. The van der Waals surface area contributed by atoms with Crippen molar-refractivity contribution >= 4 is 17.0 Å². The van der Waals surface area contributed by atoms with Crippen LogP contribution in [0.2, 0.25) is 0 Å². The molecule has 2 N–H and O–H groups in total. The molecule has 1 aliphatic heterocycles. The van der Waals surface area contributed by atoms with Crippen molar-refractivity contribution in [3.63, 3.8) is 0 Å². The Balaban J connectivity index is 1.41. The summed E-state index contributed by atoms with van der Waals surface area (Å²) in [7, 11) is 0. The molecule has 3 aromatic rings. The minimum atomic E-state index is -2.52. The lowest BCUT2D eigenvalue weighted by atomic mass is 9.93. The number of rotatable bonds is 8. The smallest absolute Gasteiger partial charge is 0.250 e. The van der Waals surface area contributed by atoms with Gasteiger partial charge in [0.15, 0.2) is 0 Å². The maximum Gasteiger partial charge on any atom is 0.250 e. The van der Waals surface area contributed by atoms with E-state index in [1.807, 2.05) is 6.20 Å². The normalized spacial score (nSPS) is 23.3. The third-order valence-corrected chi connectivity index (χ3v) is 7.99. The first-order valence-corrected chi connectivity index (χ1v) is 13.8. The number of likely N-dealkylation sites (tertiary alicyclic amines) is 1. The Labute approximate surface area is 218 Å². The number of fused-ring (bicyclic) bond motifs is 1. The standard InChI is InChI=1S/C29H39F2N5O/c1-3-4-20(2)33-28-32-17-25-26(19-36(27(25)34-28)23-9-11-24(37)12-10-23)22-7-5-21(6-8-22)18-35-15-13-29(30,31)14-16-35/h5-8,17,19-20,23-24,37H,3-4,9-16,18H2,1-2H3,(H,32,33,34)/t20?,23-,24-. The van der Waals surface area contributed by atoms with E-state index in [1.165, 1.54) is 0 Å². The Morgan fingerprint density at radius 1 is 1.11 bits per heavy atom. The molecular weight excluding hydrogens is 472 g/mol. The number of nitrogens with one attached hydrogen (secondary N) is 1. The maximum absolute atomic E-state index is 13.5.